The number of anilines is 1. The number of nitrogens with one attached hydrogen (secondary N) is 2. The Hall–Kier alpha value is -2.50. The molecule has 23 heavy (non-hydrogen) atoms. The molecule has 0 radical (unpaired) electrons. The van der Waals surface area contributed by atoms with Crippen LogP contribution in [0.2, 0.25) is 0 Å². The topological polar surface area (TPSA) is 68.2 Å². The van der Waals surface area contributed by atoms with Crippen LogP contribution in [0, 0.1) is 12.8 Å². The number of aromatic nitrogens is 2. The van der Waals surface area contributed by atoms with Crippen LogP contribution < -0.4 is 15.4 Å². The first-order valence-corrected chi connectivity index (χ1v) is 7.79. The second-order valence-electron chi connectivity index (χ2n) is 5.98. The Bertz CT molecular complexity index is 689. The van der Waals surface area contributed by atoms with Crippen molar-refractivity contribution in [2.75, 3.05) is 12.4 Å². The lowest BCUT2D eigenvalue weighted by Crippen LogP contribution is -2.34. The number of carbonyl (C=O) groups is 1. The smallest absolute Gasteiger partial charge is 0.320 e. The monoisotopic (exact) mass is 314 g/mol. The van der Waals surface area contributed by atoms with Crippen LogP contribution in [0.1, 0.15) is 30.1 Å². The van der Waals surface area contributed by atoms with E-state index in [1.807, 2.05) is 44.3 Å². The molecule has 3 rings (SSSR count). The van der Waals surface area contributed by atoms with Crippen LogP contribution in [-0.2, 0) is 7.05 Å². The lowest BCUT2D eigenvalue weighted by atomic mass is 10.0. The summed E-state index contributed by atoms with van der Waals surface area (Å²) in [6.07, 6.45) is 2.28. The van der Waals surface area contributed by atoms with Crippen LogP contribution in [0.25, 0.3) is 0 Å². The molecule has 1 aliphatic rings. The van der Waals surface area contributed by atoms with Crippen molar-refractivity contribution in [2.45, 2.75) is 25.8 Å². The first-order chi connectivity index (χ1) is 11.1. The molecule has 2 aromatic rings. The van der Waals surface area contributed by atoms with Crippen molar-refractivity contribution in [3.05, 3.63) is 41.6 Å². The molecular weight excluding hydrogens is 292 g/mol. The van der Waals surface area contributed by atoms with Crippen LogP contribution in [0.15, 0.2) is 30.3 Å². The summed E-state index contributed by atoms with van der Waals surface area (Å²) < 4.78 is 6.85. The second kappa shape index (κ2) is 6.32. The Balaban J connectivity index is 1.69. The minimum atomic E-state index is -0.208. The average molecular weight is 314 g/mol. The summed E-state index contributed by atoms with van der Waals surface area (Å²) in [7, 11) is 3.46. The number of hydrogen-bond acceptors (Lipinski definition) is 3. The highest BCUT2D eigenvalue weighted by Gasteiger charge is 2.33. The van der Waals surface area contributed by atoms with E-state index < -0.39 is 0 Å². The molecule has 1 aromatic carbocycles. The van der Waals surface area contributed by atoms with E-state index in [2.05, 4.69) is 15.7 Å². The van der Waals surface area contributed by atoms with Gasteiger partial charge in [-0.1, -0.05) is 12.1 Å². The zero-order valence-corrected chi connectivity index (χ0v) is 13.7. The molecule has 1 aliphatic carbocycles. The van der Waals surface area contributed by atoms with Gasteiger partial charge in [0.05, 0.1) is 18.8 Å². The summed E-state index contributed by atoms with van der Waals surface area (Å²) in [6.45, 7) is 1.90. The minimum Gasteiger partial charge on any atom is -0.497 e. The third-order valence-corrected chi connectivity index (χ3v) is 4.10. The zero-order chi connectivity index (χ0) is 16.4. The Labute approximate surface area is 135 Å². The molecule has 2 N–H and O–H groups in total. The van der Waals surface area contributed by atoms with Crippen molar-refractivity contribution in [3.8, 4) is 5.75 Å². The molecule has 1 atom stereocenters. The van der Waals surface area contributed by atoms with E-state index in [9.17, 15) is 4.79 Å². The van der Waals surface area contributed by atoms with Gasteiger partial charge in [-0.15, -0.1) is 0 Å². The summed E-state index contributed by atoms with van der Waals surface area (Å²) in [6, 6.07) is 9.53. The molecule has 0 spiro atoms. The number of urea groups is 1. The second-order valence-corrected chi connectivity index (χ2v) is 5.98. The summed E-state index contributed by atoms with van der Waals surface area (Å²) in [5.41, 5.74) is 1.97. The number of nitrogens with zero attached hydrogens (tertiary/aromatic N) is 2. The summed E-state index contributed by atoms with van der Waals surface area (Å²) in [4.78, 5) is 12.3. The number of amides is 2. The van der Waals surface area contributed by atoms with Crippen LogP contribution in [0.3, 0.4) is 0 Å². The van der Waals surface area contributed by atoms with Gasteiger partial charge < -0.3 is 10.1 Å². The Kier molecular flexibility index (Phi) is 4.23. The highest BCUT2D eigenvalue weighted by atomic mass is 16.5. The predicted molar refractivity (Wildman–Crippen MR) is 88.6 cm³/mol. The SMILES string of the molecule is COc1ccc([C@H](NC(=O)Nc2cc(C)nn2C)C2CC2)cc1. The largest absolute Gasteiger partial charge is 0.497 e. The van der Waals surface area contributed by atoms with Crippen LogP contribution in [0.4, 0.5) is 10.6 Å². The third-order valence-electron chi connectivity index (χ3n) is 4.10. The van der Waals surface area contributed by atoms with Crippen molar-refractivity contribution in [3.63, 3.8) is 0 Å². The van der Waals surface area contributed by atoms with Gasteiger partial charge in [0.25, 0.3) is 0 Å². The lowest BCUT2D eigenvalue weighted by molar-refractivity contribution is 0.247. The Morgan fingerprint density at radius 3 is 2.57 bits per heavy atom. The van der Waals surface area contributed by atoms with E-state index in [0.717, 1.165) is 29.8 Å². The van der Waals surface area contributed by atoms with Gasteiger partial charge in [-0.05, 0) is 43.4 Å². The van der Waals surface area contributed by atoms with Gasteiger partial charge in [0, 0.05) is 13.1 Å². The Morgan fingerprint density at radius 2 is 2.04 bits per heavy atom. The standard InChI is InChI=1S/C17H22N4O2/c1-11-10-15(21(2)20-11)18-17(22)19-16(12-4-5-12)13-6-8-14(23-3)9-7-13/h6-10,12,16H,4-5H2,1-3H3,(H2,18,19,22)/t16-/m1/s1. The number of benzene rings is 1. The average Bonchev–Trinajstić information content (AvgIpc) is 3.32. The molecule has 0 bridgehead atoms. The van der Waals surface area contributed by atoms with Gasteiger partial charge in [-0.25, -0.2) is 4.79 Å². The Morgan fingerprint density at radius 1 is 1.35 bits per heavy atom. The highest BCUT2D eigenvalue weighted by Crippen LogP contribution is 2.41. The van der Waals surface area contributed by atoms with E-state index in [1.165, 1.54) is 0 Å². The van der Waals surface area contributed by atoms with Crippen LogP contribution >= 0.6 is 0 Å². The van der Waals surface area contributed by atoms with Crippen LogP contribution in [0.5, 0.6) is 5.75 Å². The molecule has 6 heteroatoms. The van der Waals surface area contributed by atoms with Crippen molar-refractivity contribution in [2.24, 2.45) is 13.0 Å². The molecule has 6 nitrogen and oxygen atoms in total. The highest BCUT2D eigenvalue weighted by molar-refractivity contribution is 5.88. The number of aryl methyl sites for hydroxylation is 2. The first-order valence-electron chi connectivity index (χ1n) is 7.79. The fourth-order valence-corrected chi connectivity index (χ4v) is 2.74. The third kappa shape index (κ3) is 3.64. The van der Waals surface area contributed by atoms with Gasteiger partial charge in [-0.3, -0.25) is 10.00 Å². The fraction of sp³-hybridized carbons (Fsp3) is 0.412. The molecule has 122 valence electrons. The van der Waals surface area contributed by atoms with Crippen molar-refractivity contribution >= 4 is 11.8 Å². The number of ether oxygens (including phenoxy) is 1. The molecule has 0 unspecified atom stereocenters. The summed E-state index contributed by atoms with van der Waals surface area (Å²) >= 11 is 0. The van der Waals surface area contributed by atoms with E-state index in [0.29, 0.717) is 11.7 Å². The molecule has 1 saturated carbocycles. The number of carbonyl (C=O) groups excluding carboxylic acids is 1. The number of rotatable bonds is 5. The molecule has 2 amide bonds. The van der Waals surface area contributed by atoms with Gasteiger partial charge in [-0.2, -0.15) is 5.10 Å². The van der Waals surface area contributed by atoms with Crippen molar-refractivity contribution < 1.29 is 9.53 Å². The maximum absolute atomic E-state index is 12.3. The molecule has 1 heterocycles. The van der Waals surface area contributed by atoms with E-state index in [-0.39, 0.29) is 12.1 Å². The summed E-state index contributed by atoms with van der Waals surface area (Å²) in [5, 5.41) is 10.2. The molecule has 0 saturated heterocycles. The van der Waals surface area contributed by atoms with E-state index >= 15 is 0 Å². The number of methoxy groups -OCH3 is 1. The van der Waals surface area contributed by atoms with E-state index in [1.54, 1.807) is 11.8 Å². The molecule has 1 aromatic heterocycles. The molecule has 0 aliphatic heterocycles. The molecular formula is C17H22N4O2. The lowest BCUT2D eigenvalue weighted by Gasteiger charge is -2.19. The fourth-order valence-electron chi connectivity index (χ4n) is 2.74. The maximum Gasteiger partial charge on any atom is 0.320 e. The normalized spacial score (nSPS) is 15.1. The van der Waals surface area contributed by atoms with Crippen molar-refractivity contribution in [1.82, 2.24) is 15.1 Å². The van der Waals surface area contributed by atoms with E-state index in [4.69, 9.17) is 4.74 Å². The van der Waals surface area contributed by atoms with Gasteiger partial charge in [0.15, 0.2) is 0 Å². The number of hydrogen-bond donors (Lipinski definition) is 2. The molecule has 1 fully saturated rings. The first kappa shape index (κ1) is 15.4. The van der Waals surface area contributed by atoms with Crippen LogP contribution in [-0.4, -0.2) is 22.9 Å². The minimum absolute atomic E-state index is 0.0234. The summed E-state index contributed by atoms with van der Waals surface area (Å²) in [5.74, 6) is 2.00. The van der Waals surface area contributed by atoms with Gasteiger partial charge in [0.2, 0.25) is 0 Å². The van der Waals surface area contributed by atoms with Gasteiger partial charge >= 0.3 is 6.03 Å². The quantitative estimate of drug-likeness (QED) is 0.891. The zero-order valence-electron chi connectivity index (χ0n) is 13.7. The predicted octanol–water partition coefficient (Wildman–Crippen LogP) is 3.01. The maximum atomic E-state index is 12.3. The van der Waals surface area contributed by atoms with Crippen molar-refractivity contribution in [1.29, 1.82) is 0 Å². The van der Waals surface area contributed by atoms with Gasteiger partial charge in [0.1, 0.15) is 11.6 Å².